The highest BCUT2D eigenvalue weighted by Crippen LogP contribution is 2.43. The predicted octanol–water partition coefficient (Wildman–Crippen LogP) is 5.85. The summed E-state index contributed by atoms with van der Waals surface area (Å²) in [6.07, 6.45) is 2.86. The number of sulfonamides is 1. The van der Waals surface area contributed by atoms with Gasteiger partial charge in [-0.05, 0) is 79.3 Å². The van der Waals surface area contributed by atoms with Crippen molar-refractivity contribution in [1.29, 1.82) is 0 Å². The maximum absolute atomic E-state index is 11.6. The van der Waals surface area contributed by atoms with Gasteiger partial charge in [0.2, 0.25) is 10.0 Å². The van der Waals surface area contributed by atoms with Gasteiger partial charge in [-0.25, -0.2) is 8.42 Å². The normalized spacial score (nSPS) is 17.8. The highest BCUT2D eigenvalue weighted by atomic mass is 35.5. The molecule has 0 spiro atoms. The lowest BCUT2D eigenvalue weighted by atomic mass is 10.0. The number of rotatable bonds is 6. The molecule has 0 aliphatic carbocycles. The zero-order valence-electron chi connectivity index (χ0n) is 19.5. The van der Waals surface area contributed by atoms with E-state index in [2.05, 4.69) is 15.0 Å². The molecule has 184 valence electrons. The third-order valence-corrected chi connectivity index (χ3v) is 7.33. The highest BCUT2D eigenvalue weighted by molar-refractivity contribution is 7.92. The second kappa shape index (κ2) is 9.57. The fourth-order valence-corrected chi connectivity index (χ4v) is 5.44. The zero-order chi connectivity index (χ0) is 25.4. The van der Waals surface area contributed by atoms with Gasteiger partial charge < -0.3 is 14.6 Å². The molecule has 7 nitrogen and oxygen atoms in total. The Labute approximate surface area is 220 Å². The maximum Gasteiger partial charge on any atom is 0.229 e. The SMILES string of the molecule is Cc1c(Cl)cccc1-c1ccc([C@H]2[C@@H](c3ccccn3)NC(=S)N2c2ccc(NS(C)(=O)=O)cc2)o1. The molecule has 0 saturated carbocycles. The predicted molar refractivity (Wildman–Crippen MR) is 147 cm³/mol. The Kier molecular flexibility index (Phi) is 6.46. The molecule has 1 aliphatic heterocycles. The molecule has 36 heavy (non-hydrogen) atoms. The third-order valence-electron chi connectivity index (χ3n) is 6.00. The van der Waals surface area contributed by atoms with E-state index in [1.165, 1.54) is 0 Å². The van der Waals surface area contributed by atoms with Gasteiger partial charge in [-0.1, -0.05) is 29.8 Å². The number of nitrogens with zero attached hydrogens (tertiary/aromatic N) is 2. The third kappa shape index (κ3) is 4.82. The van der Waals surface area contributed by atoms with Crippen LogP contribution in [0.15, 0.2) is 83.4 Å². The summed E-state index contributed by atoms with van der Waals surface area (Å²) in [6.45, 7) is 1.96. The first-order valence-electron chi connectivity index (χ1n) is 11.1. The van der Waals surface area contributed by atoms with E-state index in [9.17, 15) is 8.42 Å². The molecular weight excluding hydrogens is 516 g/mol. The molecule has 0 radical (unpaired) electrons. The van der Waals surface area contributed by atoms with E-state index < -0.39 is 10.0 Å². The topological polar surface area (TPSA) is 87.5 Å². The first-order chi connectivity index (χ1) is 17.2. The fourth-order valence-electron chi connectivity index (χ4n) is 4.36. The average Bonchev–Trinajstić information content (AvgIpc) is 3.45. The smallest absolute Gasteiger partial charge is 0.229 e. The molecular formula is C26H23ClN4O3S2. The lowest BCUT2D eigenvalue weighted by Gasteiger charge is -2.26. The largest absolute Gasteiger partial charge is 0.459 e. The molecule has 3 heterocycles. The Morgan fingerprint density at radius 2 is 1.83 bits per heavy atom. The minimum Gasteiger partial charge on any atom is -0.459 e. The van der Waals surface area contributed by atoms with Crippen LogP contribution >= 0.6 is 23.8 Å². The van der Waals surface area contributed by atoms with Crippen LogP contribution in [-0.4, -0.2) is 24.8 Å². The van der Waals surface area contributed by atoms with Gasteiger partial charge in [0.15, 0.2) is 5.11 Å². The lowest BCUT2D eigenvalue weighted by Crippen LogP contribution is -2.29. The van der Waals surface area contributed by atoms with Crippen molar-refractivity contribution < 1.29 is 12.8 Å². The quantitative estimate of drug-likeness (QED) is 0.298. The summed E-state index contributed by atoms with van der Waals surface area (Å²) in [5.41, 5.74) is 3.92. The summed E-state index contributed by atoms with van der Waals surface area (Å²) < 4.78 is 32.1. The van der Waals surface area contributed by atoms with Gasteiger partial charge in [-0.15, -0.1) is 0 Å². The second-order valence-corrected chi connectivity index (χ2v) is 11.1. The molecule has 2 aromatic heterocycles. The van der Waals surface area contributed by atoms with Crippen molar-refractivity contribution in [3.63, 3.8) is 0 Å². The van der Waals surface area contributed by atoms with Crippen LogP contribution in [0.4, 0.5) is 11.4 Å². The molecule has 1 saturated heterocycles. The van der Waals surface area contributed by atoms with Crippen LogP contribution in [0.5, 0.6) is 0 Å². The summed E-state index contributed by atoms with van der Waals surface area (Å²) >= 11 is 12.1. The van der Waals surface area contributed by atoms with Crippen molar-refractivity contribution in [1.82, 2.24) is 10.3 Å². The van der Waals surface area contributed by atoms with Crippen molar-refractivity contribution >= 4 is 50.3 Å². The van der Waals surface area contributed by atoms with Gasteiger partial charge in [0.1, 0.15) is 17.6 Å². The van der Waals surface area contributed by atoms with Gasteiger partial charge in [0.05, 0.1) is 18.0 Å². The summed E-state index contributed by atoms with van der Waals surface area (Å²) in [7, 11) is -3.38. The van der Waals surface area contributed by atoms with Gasteiger partial charge in [0, 0.05) is 28.2 Å². The van der Waals surface area contributed by atoms with E-state index in [1.54, 1.807) is 18.3 Å². The minimum absolute atomic E-state index is 0.271. The monoisotopic (exact) mass is 538 g/mol. The van der Waals surface area contributed by atoms with Gasteiger partial charge in [-0.3, -0.25) is 9.71 Å². The van der Waals surface area contributed by atoms with Gasteiger partial charge >= 0.3 is 0 Å². The molecule has 2 atom stereocenters. The van der Waals surface area contributed by atoms with E-state index in [0.717, 1.165) is 28.8 Å². The van der Waals surface area contributed by atoms with Crippen LogP contribution < -0.4 is 14.9 Å². The molecule has 0 unspecified atom stereocenters. The van der Waals surface area contributed by atoms with Gasteiger partial charge in [-0.2, -0.15) is 0 Å². The van der Waals surface area contributed by atoms with E-state index in [0.29, 0.717) is 27.3 Å². The maximum atomic E-state index is 11.6. The van der Waals surface area contributed by atoms with Crippen LogP contribution in [0.1, 0.15) is 29.1 Å². The van der Waals surface area contributed by atoms with Crippen molar-refractivity contribution in [3.8, 4) is 11.3 Å². The molecule has 1 fully saturated rings. The number of furan rings is 1. The highest BCUT2D eigenvalue weighted by Gasteiger charge is 2.42. The Hall–Kier alpha value is -3.40. The van der Waals surface area contributed by atoms with Crippen molar-refractivity contribution in [2.45, 2.75) is 19.0 Å². The zero-order valence-corrected chi connectivity index (χ0v) is 21.9. The molecule has 1 aliphatic rings. The first-order valence-corrected chi connectivity index (χ1v) is 13.8. The lowest BCUT2D eigenvalue weighted by molar-refractivity contribution is 0.439. The fraction of sp³-hybridized carbons (Fsp3) is 0.154. The molecule has 4 aromatic rings. The van der Waals surface area contributed by atoms with Crippen molar-refractivity contribution in [2.75, 3.05) is 15.9 Å². The van der Waals surface area contributed by atoms with E-state index in [4.69, 9.17) is 28.2 Å². The number of pyridine rings is 1. The number of aromatic nitrogens is 1. The van der Waals surface area contributed by atoms with Crippen molar-refractivity contribution in [2.24, 2.45) is 0 Å². The van der Waals surface area contributed by atoms with Crippen LogP contribution in [0.3, 0.4) is 0 Å². The molecule has 0 amide bonds. The number of hydrogen-bond acceptors (Lipinski definition) is 5. The summed E-state index contributed by atoms with van der Waals surface area (Å²) in [4.78, 5) is 6.52. The number of anilines is 2. The molecule has 2 N–H and O–H groups in total. The average molecular weight is 539 g/mol. The summed E-state index contributed by atoms with van der Waals surface area (Å²) in [5.74, 6) is 1.40. The number of nitrogens with one attached hydrogen (secondary N) is 2. The Balaban J connectivity index is 1.57. The standard InChI is InChI=1S/C26H23ClN4O3S2/c1-16-19(6-5-7-20(16)27)22-13-14-23(34-22)25-24(21-8-3-4-15-28-21)29-26(35)31(25)18-11-9-17(10-12-18)30-36(2,32)33/h3-15,24-25,30H,1-2H3,(H,29,35)/t24-,25+/m1/s1. The molecule has 10 heteroatoms. The second-order valence-electron chi connectivity index (χ2n) is 8.53. The van der Waals surface area contributed by atoms with Gasteiger partial charge in [0.25, 0.3) is 0 Å². The van der Waals surface area contributed by atoms with E-state index in [1.807, 2.05) is 72.5 Å². The van der Waals surface area contributed by atoms with Crippen LogP contribution in [0.2, 0.25) is 5.02 Å². The van der Waals surface area contributed by atoms with Crippen molar-refractivity contribution in [3.05, 3.63) is 101 Å². The Morgan fingerprint density at radius 1 is 1.06 bits per heavy atom. The minimum atomic E-state index is -3.38. The molecule has 0 bridgehead atoms. The first kappa shape index (κ1) is 24.3. The Bertz CT molecular complexity index is 1520. The summed E-state index contributed by atoms with van der Waals surface area (Å²) in [6, 6.07) is 21.8. The van der Waals surface area contributed by atoms with E-state index in [-0.39, 0.29) is 12.1 Å². The number of hydrogen-bond donors (Lipinski definition) is 2. The van der Waals surface area contributed by atoms with Crippen LogP contribution in [-0.2, 0) is 10.0 Å². The summed E-state index contributed by atoms with van der Waals surface area (Å²) in [5, 5.41) is 4.57. The van der Waals surface area contributed by atoms with Crippen LogP contribution in [0.25, 0.3) is 11.3 Å². The number of thiocarbonyl (C=S) groups is 1. The van der Waals surface area contributed by atoms with Crippen LogP contribution in [0, 0.1) is 6.92 Å². The van der Waals surface area contributed by atoms with E-state index >= 15 is 0 Å². The molecule has 5 rings (SSSR count). The number of benzene rings is 2. The Morgan fingerprint density at radius 3 is 2.53 bits per heavy atom. The molecule has 2 aromatic carbocycles. The number of halogens is 1.